The van der Waals surface area contributed by atoms with Crippen molar-refractivity contribution in [2.24, 2.45) is 0 Å². The van der Waals surface area contributed by atoms with Gasteiger partial charge >= 0.3 is 0 Å². The Kier molecular flexibility index (Phi) is 4.97. The van der Waals surface area contributed by atoms with Gasteiger partial charge in [0, 0.05) is 0 Å². The summed E-state index contributed by atoms with van der Waals surface area (Å²) in [7, 11) is 0. The molecule has 0 bridgehead atoms. The van der Waals surface area contributed by atoms with Crippen LogP contribution in [0.3, 0.4) is 0 Å². The lowest BCUT2D eigenvalue weighted by molar-refractivity contribution is -0.0707. The molecule has 0 spiro atoms. The Hall–Kier alpha value is -0.860. The van der Waals surface area contributed by atoms with E-state index in [1.807, 2.05) is 25.1 Å². The zero-order valence-electron chi connectivity index (χ0n) is 10.7. The molecule has 1 rings (SSSR count). The van der Waals surface area contributed by atoms with Gasteiger partial charge in [-0.15, -0.1) is 0 Å². The van der Waals surface area contributed by atoms with Gasteiger partial charge in [-0.05, 0) is 33.3 Å². The molecule has 0 radical (unpaired) electrons. The molecular formula is C14H22O2. The van der Waals surface area contributed by atoms with E-state index in [4.69, 9.17) is 9.47 Å². The van der Waals surface area contributed by atoms with E-state index in [1.54, 1.807) is 0 Å². The molecular weight excluding hydrogens is 200 g/mol. The third kappa shape index (κ3) is 5.89. The van der Waals surface area contributed by atoms with Crippen molar-refractivity contribution in [2.45, 2.75) is 46.0 Å². The molecule has 0 heterocycles. The Morgan fingerprint density at radius 2 is 1.75 bits per heavy atom. The monoisotopic (exact) mass is 222 g/mol. The van der Waals surface area contributed by atoms with Crippen molar-refractivity contribution < 1.29 is 9.47 Å². The minimum Gasteiger partial charge on any atom is -0.373 e. The fourth-order valence-electron chi connectivity index (χ4n) is 1.23. The number of benzene rings is 1. The second kappa shape index (κ2) is 6.02. The van der Waals surface area contributed by atoms with Crippen molar-refractivity contribution in [2.75, 3.05) is 6.61 Å². The van der Waals surface area contributed by atoms with E-state index in [0.29, 0.717) is 13.2 Å². The molecule has 0 aliphatic rings. The SMILES string of the molecule is CC(COC(C)(C)C)OCc1ccccc1. The molecule has 90 valence electrons. The van der Waals surface area contributed by atoms with Crippen LogP contribution in [0.1, 0.15) is 33.3 Å². The molecule has 1 aromatic rings. The van der Waals surface area contributed by atoms with Crippen LogP contribution in [0.25, 0.3) is 0 Å². The first kappa shape index (κ1) is 13.2. The first-order chi connectivity index (χ1) is 7.47. The van der Waals surface area contributed by atoms with Crippen molar-refractivity contribution in [1.29, 1.82) is 0 Å². The predicted octanol–water partition coefficient (Wildman–Crippen LogP) is 3.41. The van der Waals surface area contributed by atoms with Gasteiger partial charge in [0.1, 0.15) is 0 Å². The number of rotatable bonds is 5. The van der Waals surface area contributed by atoms with Crippen molar-refractivity contribution in [3.63, 3.8) is 0 Å². The topological polar surface area (TPSA) is 18.5 Å². The van der Waals surface area contributed by atoms with Crippen molar-refractivity contribution in [1.82, 2.24) is 0 Å². The highest BCUT2D eigenvalue weighted by Gasteiger charge is 2.12. The molecule has 0 aliphatic heterocycles. The highest BCUT2D eigenvalue weighted by atomic mass is 16.5. The summed E-state index contributed by atoms with van der Waals surface area (Å²) >= 11 is 0. The minimum absolute atomic E-state index is 0.0929. The van der Waals surface area contributed by atoms with Crippen LogP contribution in [0.2, 0.25) is 0 Å². The van der Waals surface area contributed by atoms with E-state index in [9.17, 15) is 0 Å². The van der Waals surface area contributed by atoms with Gasteiger partial charge in [0.2, 0.25) is 0 Å². The lowest BCUT2D eigenvalue weighted by Crippen LogP contribution is -2.26. The van der Waals surface area contributed by atoms with Crippen LogP contribution in [-0.2, 0) is 16.1 Å². The lowest BCUT2D eigenvalue weighted by atomic mass is 10.2. The van der Waals surface area contributed by atoms with Crippen molar-refractivity contribution in [3.8, 4) is 0 Å². The number of hydrogen-bond acceptors (Lipinski definition) is 2. The molecule has 0 aromatic heterocycles. The molecule has 0 fully saturated rings. The maximum Gasteiger partial charge on any atom is 0.0785 e. The van der Waals surface area contributed by atoms with E-state index in [1.165, 1.54) is 5.56 Å². The number of ether oxygens (including phenoxy) is 2. The molecule has 0 saturated carbocycles. The van der Waals surface area contributed by atoms with Gasteiger partial charge in [-0.25, -0.2) is 0 Å². The summed E-state index contributed by atoms with van der Waals surface area (Å²) in [5.74, 6) is 0. The summed E-state index contributed by atoms with van der Waals surface area (Å²) in [6.45, 7) is 9.48. The van der Waals surface area contributed by atoms with Crippen molar-refractivity contribution >= 4 is 0 Å². The maximum atomic E-state index is 5.70. The van der Waals surface area contributed by atoms with Gasteiger partial charge < -0.3 is 9.47 Å². The van der Waals surface area contributed by atoms with Crippen LogP contribution in [0.4, 0.5) is 0 Å². The van der Waals surface area contributed by atoms with E-state index in [-0.39, 0.29) is 11.7 Å². The zero-order valence-corrected chi connectivity index (χ0v) is 10.7. The Morgan fingerprint density at radius 3 is 2.31 bits per heavy atom. The summed E-state index contributed by atoms with van der Waals surface area (Å²) in [5.41, 5.74) is 1.11. The molecule has 1 unspecified atom stereocenters. The third-order valence-corrected chi connectivity index (χ3v) is 2.13. The molecule has 0 saturated heterocycles. The summed E-state index contributed by atoms with van der Waals surface area (Å²) in [6.07, 6.45) is 0.124. The van der Waals surface area contributed by atoms with Gasteiger partial charge in [-0.3, -0.25) is 0 Å². The van der Waals surface area contributed by atoms with Gasteiger partial charge in [0.25, 0.3) is 0 Å². The predicted molar refractivity (Wildman–Crippen MR) is 66.4 cm³/mol. The zero-order chi connectivity index (χ0) is 12.0. The highest BCUT2D eigenvalue weighted by Crippen LogP contribution is 2.09. The summed E-state index contributed by atoms with van der Waals surface area (Å²) < 4.78 is 11.4. The molecule has 0 aliphatic carbocycles. The Morgan fingerprint density at radius 1 is 1.12 bits per heavy atom. The Bertz CT molecular complexity index is 287. The van der Waals surface area contributed by atoms with Crippen LogP contribution in [0.5, 0.6) is 0 Å². The van der Waals surface area contributed by atoms with E-state index >= 15 is 0 Å². The Labute approximate surface area is 98.6 Å². The summed E-state index contributed by atoms with van der Waals surface area (Å²) in [5, 5.41) is 0. The lowest BCUT2D eigenvalue weighted by Gasteiger charge is -2.22. The molecule has 1 atom stereocenters. The average Bonchev–Trinajstić information content (AvgIpc) is 2.24. The van der Waals surface area contributed by atoms with E-state index in [0.717, 1.165) is 0 Å². The quantitative estimate of drug-likeness (QED) is 0.760. The fraction of sp³-hybridized carbons (Fsp3) is 0.571. The van der Waals surface area contributed by atoms with Crippen LogP contribution in [0, 0.1) is 0 Å². The van der Waals surface area contributed by atoms with Crippen LogP contribution >= 0.6 is 0 Å². The minimum atomic E-state index is -0.0929. The highest BCUT2D eigenvalue weighted by molar-refractivity contribution is 5.13. The van der Waals surface area contributed by atoms with Gasteiger partial charge in [-0.1, -0.05) is 30.3 Å². The maximum absolute atomic E-state index is 5.70. The van der Waals surface area contributed by atoms with Gasteiger partial charge in [0.05, 0.1) is 24.9 Å². The van der Waals surface area contributed by atoms with Crippen LogP contribution in [0.15, 0.2) is 30.3 Å². The van der Waals surface area contributed by atoms with Gasteiger partial charge in [-0.2, -0.15) is 0 Å². The van der Waals surface area contributed by atoms with E-state index in [2.05, 4.69) is 32.9 Å². The Balaban J connectivity index is 2.23. The van der Waals surface area contributed by atoms with E-state index < -0.39 is 0 Å². The fourth-order valence-corrected chi connectivity index (χ4v) is 1.23. The second-order valence-electron chi connectivity index (χ2n) is 5.03. The molecule has 0 amide bonds. The first-order valence-corrected chi connectivity index (χ1v) is 5.77. The summed E-state index contributed by atoms with van der Waals surface area (Å²) in [4.78, 5) is 0. The normalized spacial score (nSPS) is 13.8. The molecule has 2 heteroatoms. The molecule has 16 heavy (non-hydrogen) atoms. The third-order valence-electron chi connectivity index (χ3n) is 2.13. The molecule has 1 aromatic carbocycles. The number of hydrogen-bond donors (Lipinski definition) is 0. The van der Waals surface area contributed by atoms with Crippen LogP contribution in [-0.4, -0.2) is 18.3 Å². The smallest absolute Gasteiger partial charge is 0.0785 e. The first-order valence-electron chi connectivity index (χ1n) is 5.77. The van der Waals surface area contributed by atoms with Gasteiger partial charge in [0.15, 0.2) is 0 Å². The second-order valence-corrected chi connectivity index (χ2v) is 5.03. The average molecular weight is 222 g/mol. The largest absolute Gasteiger partial charge is 0.373 e. The summed E-state index contributed by atoms with van der Waals surface area (Å²) in [6, 6.07) is 10.2. The molecule has 0 N–H and O–H groups in total. The molecule has 2 nitrogen and oxygen atoms in total. The van der Waals surface area contributed by atoms with Crippen molar-refractivity contribution in [3.05, 3.63) is 35.9 Å². The standard InChI is InChI=1S/C14H22O2/c1-12(10-16-14(2,3)4)15-11-13-8-6-5-7-9-13/h5-9,12H,10-11H2,1-4H3. The van der Waals surface area contributed by atoms with Crippen LogP contribution < -0.4 is 0 Å².